The summed E-state index contributed by atoms with van der Waals surface area (Å²) < 4.78 is 0. The second kappa shape index (κ2) is 6.55. The average molecular weight is 146 g/mol. The van der Waals surface area contributed by atoms with Crippen molar-refractivity contribution >= 4 is 8.58 Å². The SMILES string of the molecule is CCPCCCC(C)C. The molecule has 0 radical (unpaired) electrons. The molecular formula is C8H19P. The Balaban J connectivity index is 2.75. The van der Waals surface area contributed by atoms with E-state index in [1.54, 1.807) is 0 Å². The van der Waals surface area contributed by atoms with Crippen molar-refractivity contribution in [3.8, 4) is 0 Å². The van der Waals surface area contributed by atoms with Crippen molar-refractivity contribution in [2.75, 3.05) is 12.3 Å². The second-order valence-electron chi connectivity index (χ2n) is 2.89. The lowest BCUT2D eigenvalue weighted by Gasteiger charge is -2.02. The maximum atomic E-state index is 2.30. The predicted molar refractivity (Wildman–Crippen MR) is 47.8 cm³/mol. The third-order valence-corrected chi connectivity index (χ3v) is 2.59. The highest BCUT2D eigenvalue weighted by Crippen LogP contribution is 2.13. The number of rotatable bonds is 5. The van der Waals surface area contributed by atoms with Crippen LogP contribution < -0.4 is 0 Å². The molecule has 0 aromatic rings. The summed E-state index contributed by atoms with van der Waals surface area (Å²) in [5.41, 5.74) is 0. The van der Waals surface area contributed by atoms with Gasteiger partial charge in [0.05, 0.1) is 0 Å². The molecule has 0 saturated carbocycles. The summed E-state index contributed by atoms with van der Waals surface area (Å²) in [7, 11) is 1.21. The molecule has 0 fully saturated rings. The molecule has 56 valence electrons. The molecule has 0 spiro atoms. The van der Waals surface area contributed by atoms with Crippen LogP contribution in [-0.2, 0) is 0 Å². The Morgan fingerprint density at radius 1 is 1.33 bits per heavy atom. The van der Waals surface area contributed by atoms with Gasteiger partial charge < -0.3 is 0 Å². The zero-order valence-corrected chi connectivity index (χ0v) is 7.91. The van der Waals surface area contributed by atoms with Gasteiger partial charge in [-0.2, -0.15) is 0 Å². The molecule has 0 aromatic carbocycles. The molecule has 0 heterocycles. The molecule has 0 saturated heterocycles. The average Bonchev–Trinajstić information content (AvgIpc) is 1.80. The van der Waals surface area contributed by atoms with Crippen LogP contribution in [0.4, 0.5) is 0 Å². The molecule has 0 nitrogen and oxygen atoms in total. The van der Waals surface area contributed by atoms with E-state index in [0.717, 1.165) is 5.92 Å². The summed E-state index contributed by atoms with van der Waals surface area (Å²) in [5.74, 6) is 0.909. The number of hydrogen-bond acceptors (Lipinski definition) is 0. The van der Waals surface area contributed by atoms with E-state index in [1.165, 1.54) is 33.7 Å². The normalized spacial score (nSPS) is 12.0. The Morgan fingerprint density at radius 2 is 2.00 bits per heavy atom. The molecule has 0 N–H and O–H groups in total. The van der Waals surface area contributed by atoms with E-state index in [9.17, 15) is 0 Å². The molecule has 0 amide bonds. The zero-order chi connectivity index (χ0) is 7.11. The monoisotopic (exact) mass is 146 g/mol. The largest absolute Gasteiger partial charge is 0.122 e. The predicted octanol–water partition coefficient (Wildman–Crippen LogP) is 3.12. The van der Waals surface area contributed by atoms with Crippen LogP contribution in [0.3, 0.4) is 0 Å². The lowest BCUT2D eigenvalue weighted by atomic mass is 10.1. The molecule has 9 heavy (non-hydrogen) atoms. The van der Waals surface area contributed by atoms with Crippen LogP contribution in [0.15, 0.2) is 0 Å². The Kier molecular flexibility index (Phi) is 6.86. The third-order valence-electron chi connectivity index (χ3n) is 1.39. The highest BCUT2D eigenvalue weighted by atomic mass is 31.1. The topological polar surface area (TPSA) is 0 Å². The molecule has 0 bridgehead atoms. The minimum Gasteiger partial charge on any atom is -0.122 e. The van der Waals surface area contributed by atoms with Gasteiger partial charge in [0.25, 0.3) is 0 Å². The zero-order valence-electron chi connectivity index (χ0n) is 6.91. The van der Waals surface area contributed by atoms with E-state index in [2.05, 4.69) is 20.8 Å². The van der Waals surface area contributed by atoms with Gasteiger partial charge in [-0.05, 0) is 24.7 Å². The van der Waals surface area contributed by atoms with Gasteiger partial charge >= 0.3 is 0 Å². The minimum absolute atomic E-state index is 0.909. The van der Waals surface area contributed by atoms with Crippen LogP contribution >= 0.6 is 8.58 Å². The first-order valence-electron chi connectivity index (χ1n) is 3.98. The van der Waals surface area contributed by atoms with Crippen LogP contribution in [0.2, 0.25) is 0 Å². The van der Waals surface area contributed by atoms with E-state index >= 15 is 0 Å². The fourth-order valence-corrected chi connectivity index (χ4v) is 1.62. The molecule has 0 rings (SSSR count). The summed E-state index contributed by atoms with van der Waals surface area (Å²) in [6, 6.07) is 0. The second-order valence-corrected chi connectivity index (χ2v) is 4.60. The Hall–Kier alpha value is 0.430. The molecule has 1 heteroatoms. The smallest absolute Gasteiger partial charge is 0.0353 e. The van der Waals surface area contributed by atoms with Crippen molar-refractivity contribution in [1.29, 1.82) is 0 Å². The summed E-state index contributed by atoms with van der Waals surface area (Å²) in [6.07, 6.45) is 5.73. The standard InChI is InChI=1S/C8H19P/c1-4-9-7-5-6-8(2)3/h8-9H,4-7H2,1-3H3. The molecular weight excluding hydrogens is 127 g/mol. The van der Waals surface area contributed by atoms with Gasteiger partial charge in [-0.3, -0.25) is 0 Å². The highest BCUT2D eigenvalue weighted by molar-refractivity contribution is 7.37. The quantitative estimate of drug-likeness (QED) is 0.413. The molecule has 0 aliphatic heterocycles. The Bertz CT molecular complexity index is 50.5. The van der Waals surface area contributed by atoms with Crippen molar-refractivity contribution in [2.24, 2.45) is 5.92 Å². The van der Waals surface area contributed by atoms with Crippen molar-refractivity contribution in [3.63, 3.8) is 0 Å². The first-order chi connectivity index (χ1) is 4.27. The van der Waals surface area contributed by atoms with Crippen molar-refractivity contribution in [3.05, 3.63) is 0 Å². The van der Waals surface area contributed by atoms with Crippen LogP contribution in [0.1, 0.15) is 33.6 Å². The lowest BCUT2D eigenvalue weighted by molar-refractivity contribution is 0.578. The first-order valence-corrected chi connectivity index (χ1v) is 5.39. The van der Waals surface area contributed by atoms with Crippen LogP contribution in [0.25, 0.3) is 0 Å². The highest BCUT2D eigenvalue weighted by Gasteiger charge is 1.91. The van der Waals surface area contributed by atoms with Gasteiger partial charge in [0, 0.05) is 0 Å². The minimum atomic E-state index is 0.909. The molecule has 1 atom stereocenters. The first kappa shape index (κ1) is 9.43. The van der Waals surface area contributed by atoms with Crippen molar-refractivity contribution in [1.82, 2.24) is 0 Å². The van der Waals surface area contributed by atoms with Gasteiger partial charge in [-0.1, -0.05) is 27.2 Å². The van der Waals surface area contributed by atoms with Crippen molar-refractivity contribution in [2.45, 2.75) is 33.6 Å². The van der Waals surface area contributed by atoms with E-state index in [-0.39, 0.29) is 0 Å². The van der Waals surface area contributed by atoms with E-state index in [0.29, 0.717) is 0 Å². The molecule has 0 aliphatic carbocycles. The van der Waals surface area contributed by atoms with Gasteiger partial charge in [0.15, 0.2) is 0 Å². The summed E-state index contributed by atoms with van der Waals surface area (Å²) in [5, 5.41) is 0. The number of hydrogen-bond donors (Lipinski definition) is 0. The molecule has 0 aliphatic rings. The fourth-order valence-electron chi connectivity index (χ4n) is 0.812. The van der Waals surface area contributed by atoms with Crippen LogP contribution in [0.5, 0.6) is 0 Å². The lowest BCUT2D eigenvalue weighted by Crippen LogP contribution is -1.87. The van der Waals surface area contributed by atoms with Crippen LogP contribution in [0, 0.1) is 5.92 Å². The van der Waals surface area contributed by atoms with Gasteiger partial charge in [0.1, 0.15) is 0 Å². The van der Waals surface area contributed by atoms with Gasteiger partial charge in [-0.15, -0.1) is 8.58 Å². The van der Waals surface area contributed by atoms with E-state index in [1.807, 2.05) is 0 Å². The maximum absolute atomic E-state index is 2.30. The Labute approximate surface area is 61.2 Å². The molecule has 0 aromatic heterocycles. The van der Waals surface area contributed by atoms with Crippen molar-refractivity contribution < 1.29 is 0 Å². The summed E-state index contributed by atoms with van der Waals surface area (Å²) in [4.78, 5) is 0. The maximum Gasteiger partial charge on any atom is -0.0353 e. The van der Waals surface area contributed by atoms with Gasteiger partial charge in [-0.25, -0.2) is 0 Å². The fraction of sp³-hybridized carbons (Fsp3) is 1.00. The Morgan fingerprint density at radius 3 is 2.44 bits per heavy atom. The van der Waals surface area contributed by atoms with Crippen LogP contribution in [-0.4, -0.2) is 12.3 Å². The van der Waals surface area contributed by atoms with E-state index in [4.69, 9.17) is 0 Å². The summed E-state index contributed by atoms with van der Waals surface area (Å²) in [6.45, 7) is 6.87. The van der Waals surface area contributed by atoms with Gasteiger partial charge in [0.2, 0.25) is 0 Å². The van der Waals surface area contributed by atoms with E-state index < -0.39 is 0 Å². The third kappa shape index (κ3) is 8.43. The molecule has 1 unspecified atom stereocenters. The summed E-state index contributed by atoms with van der Waals surface area (Å²) >= 11 is 0.